The van der Waals surface area contributed by atoms with E-state index < -0.39 is 5.91 Å². The lowest BCUT2D eigenvalue weighted by molar-refractivity contribution is -0.114. The molecule has 0 saturated heterocycles. The van der Waals surface area contributed by atoms with Gasteiger partial charge in [0.25, 0.3) is 5.91 Å². The van der Waals surface area contributed by atoms with E-state index in [-0.39, 0.29) is 18.0 Å². The fourth-order valence-corrected chi connectivity index (χ4v) is 3.79. The normalized spacial score (nSPS) is 17.0. The van der Waals surface area contributed by atoms with Crippen LogP contribution in [0.5, 0.6) is 5.75 Å². The number of amides is 1. The van der Waals surface area contributed by atoms with Crippen molar-refractivity contribution in [3.8, 4) is 5.75 Å². The summed E-state index contributed by atoms with van der Waals surface area (Å²) in [5.41, 5.74) is 3.15. The Morgan fingerprint density at radius 2 is 1.93 bits per heavy atom. The highest BCUT2D eigenvalue weighted by atomic mass is 35.5. The van der Waals surface area contributed by atoms with Crippen LogP contribution in [0.1, 0.15) is 11.1 Å². The van der Waals surface area contributed by atoms with Gasteiger partial charge >= 0.3 is 0 Å². The van der Waals surface area contributed by atoms with E-state index in [2.05, 4.69) is 10.1 Å². The minimum Gasteiger partial charge on any atom is -0.487 e. The monoisotopic (exact) mass is 464 g/mol. The van der Waals surface area contributed by atoms with Crippen LogP contribution < -0.4 is 4.74 Å². The molecule has 0 bridgehead atoms. The van der Waals surface area contributed by atoms with Crippen molar-refractivity contribution in [2.75, 3.05) is 0 Å². The van der Waals surface area contributed by atoms with E-state index in [1.165, 1.54) is 22.3 Å². The Kier molecular flexibility index (Phi) is 5.65. The van der Waals surface area contributed by atoms with Gasteiger partial charge in [0.2, 0.25) is 0 Å². The Morgan fingerprint density at radius 1 is 1.10 bits per heavy atom. The SMILES string of the molecule is N=C1C(=Cc2ccc(OCc3ccc(Cl)c(Cl)c3)c(Cl)c2)C(=O)N=C2SC=NN12. The molecule has 29 heavy (non-hydrogen) atoms. The second-order valence-corrected chi connectivity index (χ2v) is 8.02. The van der Waals surface area contributed by atoms with Gasteiger partial charge in [-0.05, 0) is 53.2 Å². The van der Waals surface area contributed by atoms with E-state index in [1.807, 2.05) is 6.07 Å². The number of hydrogen-bond acceptors (Lipinski definition) is 5. The van der Waals surface area contributed by atoms with Gasteiger partial charge in [-0.3, -0.25) is 10.2 Å². The predicted octanol–water partition coefficient (Wildman–Crippen LogP) is 5.47. The third kappa shape index (κ3) is 4.18. The Bertz CT molecular complexity index is 1130. The molecule has 4 rings (SSSR count). The number of nitrogens with one attached hydrogen (secondary N) is 1. The molecule has 2 aromatic rings. The minimum atomic E-state index is -0.490. The molecule has 1 N–H and O–H groups in total. The number of halogens is 3. The summed E-state index contributed by atoms with van der Waals surface area (Å²) in [6.45, 7) is 0.266. The number of nitrogens with zero attached hydrogens (tertiary/aromatic N) is 3. The molecule has 0 atom stereocenters. The van der Waals surface area contributed by atoms with Crippen molar-refractivity contribution in [1.82, 2.24) is 5.01 Å². The van der Waals surface area contributed by atoms with E-state index in [4.69, 9.17) is 44.9 Å². The third-order valence-corrected chi connectivity index (χ3v) is 5.75. The second kappa shape index (κ2) is 8.20. The largest absolute Gasteiger partial charge is 0.487 e. The summed E-state index contributed by atoms with van der Waals surface area (Å²) in [5, 5.41) is 15.2. The zero-order valence-electron chi connectivity index (χ0n) is 14.5. The van der Waals surface area contributed by atoms with Gasteiger partial charge in [0.15, 0.2) is 11.0 Å². The number of benzene rings is 2. The smallest absolute Gasteiger partial charge is 0.283 e. The lowest BCUT2D eigenvalue weighted by atomic mass is 10.1. The van der Waals surface area contributed by atoms with Gasteiger partial charge in [0, 0.05) is 0 Å². The molecular weight excluding hydrogens is 455 g/mol. The molecule has 6 nitrogen and oxygen atoms in total. The van der Waals surface area contributed by atoms with Gasteiger partial charge < -0.3 is 4.74 Å². The average molecular weight is 466 g/mol. The van der Waals surface area contributed by atoms with Crippen LogP contribution in [0, 0.1) is 5.41 Å². The summed E-state index contributed by atoms with van der Waals surface area (Å²) in [7, 11) is 0. The van der Waals surface area contributed by atoms with E-state index in [9.17, 15) is 4.79 Å². The molecule has 1 amide bonds. The first-order valence-corrected chi connectivity index (χ1v) is 10.2. The molecule has 0 aliphatic carbocycles. The molecule has 0 radical (unpaired) electrons. The Labute approximate surface area is 185 Å². The first kappa shape index (κ1) is 20.0. The number of rotatable bonds is 4. The number of ether oxygens (including phenoxy) is 1. The van der Waals surface area contributed by atoms with Crippen molar-refractivity contribution >= 4 is 75.1 Å². The van der Waals surface area contributed by atoms with Gasteiger partial charge in [-0.2, -0.15) is 15.1 Å². The first-order valence-electron chi connectivity index (χ1n) is 8.21. The van der Waals surface area contributed by atoms with Crippen LogP contribution >= 0.6 is 46.6 Å². The van der Waals surface area contributed by atoms with Gasteiger partial charge in [-0.1, -0.05) is 46.9 Å². The fraction of sp³-hybridized carbons (Fsp3) is 0.0526. The summed E-state index contributed by atoms with van der Waals surface area (Å²) in [5.74, 6) is -0.0431. The lowest BCUT2D eigenvalue weighted by Gasteiger charge is -2.20. The van der Waals surface area contributed by atoms with Crippen molar-refractivity contribution in [3.05, 3.63) is 68.2 Å². The number of fused-ring (bicyclic) bond motifs is 1. The molecule has 0 unspecified atom stereocenters. The molecular formula is C19H11Cl3N4O2S. The number of hydrazone groups is 1. The summed E-state index contributed by atoms with van der Waals surface area (Å²) >= 11 is 19.4. The number of carbonyl (C=O) groups is 1. The van der Waals surface area contributed by atoms with Crippen LogP contribution in [0.4, 0.5) is 0 Å². The van der Waals surface area contributed by atoms with E-state index in [1.54, 1.807) is 36.4 Å². The molecule has 2 heterocycles. The van der Waals surface area contributed by atoms with E-state index in [0.717, 1.165) is 5.56 Å². The summed E-state index contributed by atoms with van der Waals surface area (Å²) in [4.78, 5) is 16.2. The van der Waals surface area contributed by atoms with E-state index in [0.29, 0.717) is 31.5 Å². The van der Waals surface area contributed by atoms with Gasteiger partial charge in [0.1, 0.15) is 12.4 Å². The molecule has 0 spiro atoms. The second-order valence-electron chi connectivity index (χ2n) is 5.98. The molecule has 0 saturated carbocycles. The Balaban J connectivity index is 1.52. The van der Waals surface area contributed by atoms with Gasteiger partial charge in [-0.15, -0.1) is 0 Å². The number of amidine groups is 2. The van der Waals surface area contributed by atoms with Crippen molar-refractivity contribution in [1.29, 1.82) is 5.41 Å². The number of hydrogen-bond donors (Lipinski definition) is 1. The molecule has 10 heteroatoms. The van der Waals surface area contributed by atoms with Crippen molar-refractivity contribution in [2.24, 2.45) is 10.1 Å². The van der Waals surface area contributed by atoms with Crippen LogP contribution in [0.15, 0.2) is 52.1 Å². The highest BCUT2D eigenvalue weighted by Gasteiger charge is 2.32. The fourth-order valence-electron chi connectivity index (χ4n) is 2.62. The lowest BCUT2D eigenvalue weighted by Crippen LogP contribution is -2.35. The zero-order chi connectivity index (χ0) is 20.5. The quantitative estimate of drug-likeness (QED) is 0.607. The highest BCUT2D eigenvalue weighted by molar-refractivity contribution is 8.25. The maximum atomic E-state index is 12.2. The molecule has 2 aliphatic heterocycles. The maximum absolute atomic E-state index is 12.2. The molecule has 2 aliphatic rings. The topological polar surface area (TPSA) is 78.1 Å². The van der Waals surface area contributed by atoms with Crippen molar-refractivity contribution in [3.63, 3.8) is 0 Å². The molecule has 146 valence electrons. The first-order chi connectivity index (χ1) is 13.9. The Morgan fingerprint density at radius 3 is 2.69 bits per heavy atom. The Hall–Kier alpha value is -2.32. The van der Waals surface area contributed by atoms with Gasteiger partial charge in [-0.25, -0.2) is 0 Å². The van der Waals surface area contributed by atoms with Crippen molar-refractivity contribution < 1.29 is 9.53 Å². The van der Waals surface area contributed by atoms with Crippen molar-refractivity contribution in [2.45, 2.75) is 6.61 Å². The summed E-state index contributed by atoms with van der Waals surface area (Å²) in [6, 6.07) is 10.3. The van der Waals surface area contributed by atoms with Crippen LogP contribution in [0.25, 0.3) is 6.08 Å². The predicted molar refractivity (Wildman–Crippen MR) is 118 cm³/mol. The average Bonchev–Trinajstić information content (AvgIpc) is 3.15. The molecule has 0 aromatic heterocycles. The van der Waals surface area contributed by atoms with Crippen LogP contribution in [0.3, 0.4) is 0 Å². The number of aliphatic imine (C=N–C) groups is 1. The van der Waals surface area contributed by atoms with Crippen LogP contribution in [-0.4, -0.2) is 27.5 Å². The maximum Gasteiger partial charge on any atom is 0.283 e. The highest BCUT2D eigenvalue weighted by Crippen LogP contribution is 2.30. The third-order valence-electron chi connectivity index (χ3n) is 4.04. The summed E-state index contributed by atoms with van der Waals surface area (Å²) < 4.78 is 5.75. The number of carbonyl (C=O) groups excluding carboxylic acids is 1. The minimum absolute atomic E-state index is 0.0303. The molecule has 0 fully saturated rings. The van der Waals surface area contributed by atoms with Gasteiger partial charge in [0.05, 0.1) is 26.2 Å². The van der Waals surface area contributed by atoms with Crippen LogP contribution in [-0.2, 0) is 11.4 Å². The molecule has 2 aromatic carbocycles. The summed E-state index contributed by atoms with van der Waals surface area (Å²) in [6.07, 6.45) is 1.55. The zero-order valence-corrected chi connectivity index (χ0v) is 17.6. The number of thioether (sulfide) groups is 1. The van der Waals surface area contributed by atoms with Crippen LogP contribution in [0.2, 0.25) is 15.1 Å². The van der Waals surface area contributed by atoms with E-state index >= 15 is 0 Å². The standard InChI is InChI=1S/C19H11Cl3N4O2S/c20-13-3-1-11(7-14(13)21)8-28-16-4-2-10(6-15(16)22)5-12-17(23)26-19(25-18(12)27)29-9-24-26/h1-7,9,23H,8H2.